The molecule has 2 heterocycles. The van der Waals surface area contributed by atoms with Crippen molar-refractivity contribution >= 4 is 29.3 Å². The lowest BCUT2D eigenvalue weighted by molar-refractivity contribution is -0.113. The quantitative estimate of drug-likeness (QED) is 0.738. The number of piperidine rings is 1. The van der Waals surface area contributed by atoms with Gasteiger partial charge in [-0.2, -0.15) is 0 Å². The number of nitrogens with one attached hydrogen (secondary N) is 1. The highest BCUT2D eigenvalue weighted by molar-refractivity contribution is 7.99. The molecule has 7 heteroatoms. The van der Waals surface area contributed by atoms with E-state index in [0.29, 0.717) is 11.8 Å². The van der Waals surface area contributed by atoms with Crippen molar-refractivity contribution in [1.29, 1.82) is 0 Å². The summed E-state index contributed by atoms with van der Waals surface area (Å²) >= 11 is 1.49. The molecule has 4 rings (SSSR count). The fourth-order valence-corrected chi connectivity index (χ4v) is 4.45. The van der Waals surface area contributed by atoms with E-state index in [-0.39, 0.29) is 5.91 Å². The summed E-state index contributed by atoms with van der Waals surface area (Å²) < 4.78 is 2.27. The second-order valence-electron chi connectivity index (χ2n) is 8.14. The van der Waals surface area contributed by atoms with Crippen molar-refractivity contribution in [2.45, 2.75) is 57.7 Å². The van der Waals surface area contributed by atoms with Crippen molar-refractivity contribution in [3.05, 3.63) is 29.3 Å². The van der Waals surface area contributed by atoms with Crippen molar-refractivity contribution in [1.82, 2.24) is 14.8 Å². The van der Waals surface area contributed by atoms with E-state index in [2.05, 4.69) is 44.9 Å². The highest BCUT2D eigenvalue weighted by Crippen LogP contribution is 2.41. The number of amides is 1. The summed E-state index contributed by atoms with van der Waals surface area (Å²) in [6.45, 7) is 8.50. The van der Waals surface area contributed by atoms with Crippen LogP contribution in [0.4, 0.5) is 11.6 Å². The average molecular weight is 400 g/mol. The van der Waals surface area contributed by atoms with Crippen LogP contribution >= 0.6 is 11.8 Å². The lowest BCUT2D eigenvalue weighted by Crippen LogP contribution is -2.34. The molecule has 2 aliphatic rings. The van der Waals surface area contributed by atoms with Gasteiger partial charge in [0.05, 0.1) is 5.75 Å². The number of rotatable bonds is 6. The summed E-state index contributed by atoms with van der Waals surface area (Å²) in [4.78, 5) is 14.9. The highest BCUT2D eigenvalue weighted by atomic mass is 32.2. The monoisotopic (exact) mass is 399 g/mol. The first-order valence-corrected chi connectivity index (χ1v) is 11.2. The second kappa shape index (κ2) is 8.15. The number of hydrogen-bond acceptors (Lipinski definition) is 5. The first-order chi connectivity index (χ1) is 13.5. The van der Waals surface area contributed by atoms with Gasteiger partial charge in [-0.3, -0.25) is 9.36 Å². The molecule has 2 fully saturated rings. The molecule has 1 amide bonds. The molecule has 1 aromatic carbocycles. The van der Waals surface area contributed by atoms with E-state index in [9.17, 15) is 4.79 Å². The molecule has 1 aliphatic carbocycles. The van der Waals surface area contributed by atoms with Gasteiger partial charge in [-0.15, -0.1) is 10.2 Å². The third-order valence-corrected chi connectivity index (χ3v) is 6.78. The summed E-state index contributed by atoms with van der Waals surface area (Å²) in [5.41, 5.74) is 3.18. The smallest absolute Gasteiger partial charge is 0.234 e. The van der Waals surface area contributed by atoms with Gasteiger partial charge in [0.25, 0.3) is 0 Å². The van der Waals surface area contributed by atoms with Crippen LogP contribution in [0.3, 0.4) is 0 Å². The molecule has 1 aromatic heterocycles. The summed E-state index contributed by atoms with van der Waals surface area (Å²) in [6, 6.07) is 6.47. The molecule has 1 aliphatic heterocycles. The molecule has 28 heavy (non-hydrogen) atoms. The molecule has 0 spiro atoms. The lowest BCUT2D eigenvalue weighted by Gasteiger charge is -2.31. The van der Waals surface area contributed by atoms with Gasteiger partial charge in [-0.05, 0) is 62.6 Å². The Balaban J connectivity index is 1.42. The van der Waals surface area contributed by atoms with E-state index in [1.807, 2.05) is 19.1 Å². The van der Waals surface area contributed by atoms with Gasteiger partial charge < -0.3 is 10.2 Å². The van der Waals surface area contributed by atoms with E-state index in [1.165, 1.54) is 43.0 Å². The lowest BCUT2D eigenvalue weighted by atomic mass is 10.00. The fourth-order valence-electron chi connectivity index (χ4n) is 3.65. The molecule has 2 aromatic rings. The number of hydrogen-bond donors (Lipinski definition) is 1. The Labute approximate surface area is 171 Å². The van der Waals surface area contributed by atoms with Crippen molar-refractivity contribution in [2.24, 2.45) is 5.92 Å². The zero-order chi connectivity index (χ0) is 19.7. The van der Waals surface area contributed by atoms with Crippen LogP contribution in [0.5, 0.6) is 0 Å². The zero-order valence-corrected chi connectivity index (χ0v) is 17.8. The number of carbonyl (C=O) groups excluding carboxylic acids is 1. The molecule has 1 N–H and O–H groups in total. The SMILES string of the molecule is Cc1cccc(NC(=O)CSc2nnc(N3CCC(C)CC3)n2C2CC2)c1C. The number of carbonyl (C=O) groups is 1. The van der Waals surface area contributed by atoms with Gasteiger partial charge in [-0.1, -0.05) is 30.8 Å². The summed E-state index contributed by atoms with van der Waals surface area (Å²) in [5.74, 6) is 2.12. The minimum atomic E-state index is -0.00241. The fraction of sp³-hybridized carbons (Fsp3) is 0.571. The van der Waals surface area contributed by atoms with Gasteiger partial charge in [0.2, 0.25) is 11.9 Å². The normalized spacial score (nSPS) is 17.8. The van der Waals surface area contributed by atoms with Crippen LogP contribution in [0.2, 0.25) is 0 Å². The first kappa shape index (κ1) is 19.3. The molecule has 0 atom stereocenters. The predicted molar refractivity (Wildman–Crippen MR) is 114 cm³/mol. The molecule has 1 saturated carbocycles. The summed E-state index contributed by atoms with van der Waals surface area (Å²) in [5, 5.41) is 12.8. The Morgan fingerprint density at radius 2 is 1.93 bits per heavy atom. The Hall–Kier alpha value is -2.02. The van der Waals surface area contributed by atoms with Crippen molar-refractivity contribution < 1.29 is 4.79 Å². The summed E-state index contributed by atoms with van der Waals surface area (Å²) in [7, 11) is 0. The van der Waals surface area contributed by atoms with Crippen LogP contribution < -0.4 is 10.2 Å². The first-order valence-electron chi connectivity index (χ1n) is 10.2. The van der Waals surface area contributed by atoms with E-state index in [0.717, 1.165) is 41.4 Å². The number of benzene rings is 1. The van der Waals surface area contributed by atoms with Crippen LogP contribution in [-0.2, 0) is 4.79 Å². The number of aromatic nitrogens is 3. The molecule has 150 valence electrons. The topological polar surface area (TPSA) is 63.1 Å². The molecule has 6 nitrogen and oxygen atoms in total. The second-order valence-corrected chi connectivity index (χ2v) is 9.08. The molecular weight excluding hydrogens is 370 g/mol. The van der Waals surface area contributed by atoms with Gasteiger partial charge in [0, 0.05) is 24.8 Å². The minimum absolute atomic E-state index is 0.00241. The Morgan fingerprint density at radius 3 is 2.64 bits per heavy atom. The molecular formula is C21H29N5OS. The average Bonchev–Trinajstić information content (AvgIpc) is 3.44. The van der Waals surface area contributed by atoms with Crippen molar-refractivity contribution in [2.75, 3.05) is 29.1 Å². The minimum Gasteiger partial charge on any atom is -0.341 e. The standard InChI is InChI=1S/C21H29N5OS/c1-14-9-11-25(12-10-14)20-23-24-21(26(20)17-7-8-17)28-13-19(27)22-18-6-4-5-15(2)16(18)3/h4-6,14,17H,7-13H2,1-3H3,(H,22,27). The molecule has 0 bridgehead atoms. The van der Waals surface area contributed by atoms with Crippen LogP contribution in [0, 0.1) is 19.8 Å². The molecule has 0 radical (unpaired) electrons. The Bertz CT molecular complexity index is 852. The number of aryl methyl sites for hydroxylation is 1. The van der Waals surface area contributed by atoms with Gasteiger partial charge >= 0.3 is 0 Å². The van der Waals surface area contributed by atoms with Crippen LogP contribution in [0.15, 0.2) is 23.4 Å². The van der Waals surface area contributed by atoms with Crippen LogP contribution in [0.25, 0.3) is 0 Å². The predicted octanol–water partition coefficient (Wildman–Crippen LogP) is 4.20. The third-order valence-electron chi connectivity index (χ3n) is 5.84. The van der Waals surface area contributed by atoms with E-state index >= 15 is 0 Å². The highest BCUT2D eigenvalue weighted by Gasteiger charge is 2.32. The maximum atomic E-state index is 12.5. The Morgan fingerprint density at radius 1 is 1.18 bits per heavy atom. The Kier molecular flexibility index (Phi) is 5.62. The maximum absolute atomic E-state index is 12.5. The van der Waals surface area contributed by atoms with E-state index < -0.39 is 0 Å². The van der Waals surface area contributed by atoms with Crippen LogP contribution in [0.1, 0.15) is 49.8 Å². The summed E-state index contributed by atoms with van der Waals surface area (Å²) in [6.07, 6.45) is 4.77. The van der Waals surface area contributed by atoms with Gasteiger partial charge in [0.1, 0.15) is 0 Å². The number of nitrogens with zero attached hydrogens (tertiary/aromatic N) is 4. The van der Waals surface area contributed by atoms with Gasteiger partial charge in [0.15, 0.2) is 5.16 Å². The number of anilines is 2. The third kappa shape index (κ3) is 4.19. The van der Waals surface area contributed by atoms with Crippen molar-refractivity contribution in [3.8, 4) is 0 Å². The maximum Gasteiger partial charge on any atom is 0.234 e. The van der Waals surface area contributed by atoms with Crippen molar-refractivity contribution in [3.63, 3.8) is 0 Å². The van der Waals surface area contributed by atoms with Crippen LogP contribution in [-0.4, -0.2) is 39.5 Å². The van der Waals surface area contributed by atoms with Gasteiger partial charge in [-0.25, -0.2) is 0 Å². The molecule has 0 unspecified atom stereocenters. The largest absolute Gasteiger partial charge is 0.341 e. The zero-order valence-electron chi connectivity index (χ0n) is 16.9. The van der Waals surface area contributed by atoms with E-state index in [4.69, 9.17) is 0 Å². The van der Waals surface area contributed by atoms with E-state index in [1.54, 1.807) is 0 Å². The number of thioether (sulfide) groups is 1. The molecule has 1 saturated heterocycles.